The second kappa shape index (κ2) is 3.90. The maximum Gasteiger partial charge on any atom is 0.272 e. The smallest absolute Gasteiger partial charge is 0.272 e. The first-order valence-electron chi connectivity index (χ1n) is 4.54. The molecule has 1 fully saturated rings. The Labute approximate surface area is 80.9 Å². The summed E-state index contributed by atoms with van der Waals surface area (Å²) in [6.45, 7) is -0.587. The summed E-state index contributed by atoms with van der Waals surface area (Å²) in [7, 11) is 0. The van der Waals surface area contributed by atoms with Crippen LogP contribution in [0, 0.1) is 6.07 Å². The van der Waals surface area contributed by atoms with E-state index in [4.69, 9.17) is 4.74 Å². The van der Waals surface area contributed by atoms with Crippen molar-refractivity contribution in [2.45, 2.75) is 25.2 Å². The Hall–Kier alpha value is -1.19. The van der Waals surface area contributed by atoms with E-state index in [1.54, 1.807) is 6.07 Å². The summed E-state index contributed by atoms with van der Waals surface area (Å²) in [6, 6.07) is 4.60. The molecule has 0 atom stereocenters. The number of hydrogen-bond acceptors (Lipinski definition) is 2. The summed E-state index contributed by atoms with van der Waals surface area (Å²) < 4.78 is 28.7. The summed E-state index contributed by atoms with van der Waals surface area (Å²) in [5, 5.41) is 0. The van der Waals surface area contributed by atoms with Crippen molar-refractivity contribution in [2.75, 3.05) is 6.61 Å². The molecule has 0 aliphatic heterocycles. The van der Waals surface area contributed by atoms with E-state index >= 15 is 0 Å². The Balaban J connectivity index is 2.07. The van der Waals surface area contributed by atoms with Crippen LogP contribution in [0.2, 0.25) is 0 Å². The maximum atomic E-state index is 11.9. The number of nitrogens with zero attached hydrogens (tertiary/aromatic N) is 1. The van der Waals surface area contributed by atoms with Gasteiger partial charge >= 0.3 is 0 Å². The fourth-order valence-electron chi connectivity index (χ4n) is 1.31. The molecule has 75 valence electrons. The van der Waals surface area contributed by atoms with Crippen LogP contribution in [-0.2, 0) is 0 Å². The van der Waals surface area contributed by atoms with Crippen LogP contribution in [0.25, 0.3) is 0 Å². The first-order valence-corrected chi connectivity index (χ1v) is 4.54. The van der Waals surface area contributed by atoms with Crippen LogP contribution < -0.4 is 4.74 Å². The van der Waals surface area contributed by atoms with Crippen molar-refractivity contribution in [3.05, 3.63) is 23.9 Å². The van der Waals surface area contributed by atoms with E-state index in [2.05, 4.69) is 11.1 Å². The minimum atomic E-state index is -2.45. The third kappa shape index (κ3) is 2.19. The summed E-state index contributed by atoms with van der Waals surface area (Å²) in [6.07, 6.45) is 1.16. The monoisotopic (exact) mass is 198 g/mol. The number of aromatic nitrogens is 1. The molecule has 0 amide bonds. The van der Waals surface area contributed by atoms with Crippen LogP contribution in [0.15, 0.2) is 12.3 Å². The predicted octanol–water partition coefficient (Wildman–Crippen LogP) is 2.40. The van der Waals surface area contributed by atoms with Crippen LogP contribution in [0.4, 0.5) is 8.78 Å². The molecule has 0 N–H and O–H groups in total. The fraction of sp³-hybridized carbons (Fsp3) is 0.500. The predicted molar refractivity (Wildman–Crippen MR) is 46.5 cm³/mol. The Kier molecular flexibility index (Phi) is 2.61. The average molecular weight is 198 g/mol. The lowest BCUT2D eigenvalue weighted by Gasteiger charge is -2.08. The fourth-order valence-corrected chi connectivity index (χ4v) is 1.31. The number of hydrogen-bond donors (Lipinski definition) is 0. The molecule has 2 rings (SSSR count). The van der Waals surface area contributed by atoms with Crippen LogP contribution in [-0.4, -0.2) is 18.0 Å². The molecule has 0 unspecified atom stereocenters. The standard InChI is InChI=1S/C10H10F2NO/c11-9(12)6-14-10-8(7-3-4-7)2-1-5-13-10/h2,5,7,9H,3-4,6H2. The maximum absolute atomic E-state index is 11.9. The third-order valence-electron chi connectivity index (χ3n) is 2.11. The van der Waals surface area contributed by atoms with Crippen molar-refractivity contribution < 1.29 is 13.5 Å². The number of ether oxygens (including phenoxy) is 1. The summed E-state index contributed by atoms with van der Waals surface area (Å²) in [5.74, 6) is 0.777. The van der Waals surface area contributed by atoms with E-state index in [0.29, 0.717) is 11.8 Å². The van der Waals surface area contributed by atoms with E-state index in [0.717, 1.165) is 18.4 Å². The van der Waals surface area contributed by atoms with Crippen molar-refractivity contribution in [1.82, 2.24) is 4.98 Å². The van der Waals surface area contributed by atoms with Crippen LogP contribution >= 0.6 is 0 Å². The van der Waals surface area contributed by atoms with Gasteiger partial charge in [-0.3, -0.25) is 0 Å². The highest BCUT2D eigenvalue weighted by Gasteiger charge is 2.27. The SMILES string of the molecule is FC(F)COc1nc[c]cc1C1CC1. The Morgan fingerprint density at radius 2 is 2.36 bits per heavy atom. The number of rotatable bonds is 4. The molecule has 0 spiro atoms. The molecule has 1 aliphatic rings. The van der Waals surface area contributed by atoms with Crippen LogP contribution in [0.1, 0.15) is 24.3 Å². The van der Waals surface area contributed by atoms with E-state index in [9.17, 15) is 8.78 Å². The molecular weight excluding hydrogens is 188 g/mol. The first-order chi connectivity index (χ1) is 6.77. The lowest BCUT2D eigenvalue weighted by atomic mass is 10.2. The molecule has 1 aliphatic carbocycles. The topological polar surface area (TPSA) is 22.1 Å². The molecule has 1 aromatic rings. The minimum Gasteiger partial charge on any atom is -0.471 e. The molecule has 0 bridgehead atoms. The second-order valence-corrected chi connectivity index (χ2v) is 3.31. The molecule has 1 heterocycles. The molecule has 14 heavy (non-hydrogen) atoms. The molecule has 4 heteroatoms. The lowest BCUT2D eigenvalue weighted by molar-refractivity contribution is 0.0790. The van der Waals surface area contributed by atoms with Gasteiger partial charge in [-0.15, -0.1) is 0 Å². The van der Waals surface area contributed by atoms with Crippen molar-refractivity contribution in [1.29, 1.82) is 0 Å². The van der Waals surface area contributed by atoms with Gasteiger partial charge in [0.15, 0.2) is 6.61 Å². The van der Waals surface area contributed by atoms with Crippen molar-refractivity contribution in [2.24, 2.45) is 0 Å². The zero-order valence-electron chi connectivity index (χ0n) is 7.54. The minimum absolute atomic E-state index is 0.339. The van der Waals surface area contributed by atoms with Gasteiger partial charge in [0.1, 0.15) is 0 Å². The van der Waals surface area contributed by atoms with Crippen molar-refractivity contribution in [3.63, 3.8) is 0 Å². The second-order valence-electron chi connectivity index (χ2n) is 3.31. The number of pyridine rings is 1. The quantitative estimate of drug-likeness (QED) is 0.741. The van der Waals surface area contributed by atoms with Gasteiger partial charge in [-0.05, 0) is 24.8 Å². The summed E-state index contributed by atoms with van der Waals surface area (Å²) >= 11 is 0. The molecular formula is C10H10F2NO. The van der Waals surface area contributed by atoms with Gasteiger partial charge in [0.25, 0.3) is 6.43 Å². The number of halogens is 2. The van der Waals surface area contributed by atoms with Gasteiger partial charge in [-0.2, -0.15) is 0 Å². The largest absolute Gasteiger partial charge is 0.471 e. The van der Waals surface area contributed by atoms with Gasteiger partial charge in [-0.25, -0.2) is 13.8 Å². The van der Waals surface area contributed by atoms with Crippen LogP contribution in [0.5, 0.6) is 5.88 Å². The molecule has 2 nitrogen and oxygen atoms in total. The van der Waals surface area contributed by atoms with Crippen molar-refractivity contribution in [3.8, 4) is 5.88 Å². The summed E-state index contributed by atoms with van der Waals surface area (Å²) in [5.41, 5.74) is 0.910. The Morgan fingerprint density at radius 3 is 3.00 bits per heavy atom. The number of alkyl halides is 2. The highest BCUT2D eigenvalue weighted by molar-refractivity contribution is 5.32. The average Bonchev–Trinajstić information content (AvgIpc) is 2.98. The van der Waals surface area contributed by atoms with E-state index in [1.165, 1.54) is 6.20 Å². The summed E-state index contributed by atoms with van der Waals surface area (Å²) in [4.78, 5) is 3.90. The zero-order chi connectivity index (χ0) is 9.97. The highest BCUT2D eigenvalue weighted by atomic mass is 19.3. The third-order valence-corrected chi connectivity index (χ3v) is 2.11. The van der Waals surface area contributed by atoms with Gasteiger partial charge in [0.2, 0.25) is 5.88 Å². The van der Waals surface area contributed by atoms with Crippen molar-refractivity contribution >= 4 is 0 Å². The van der Waals surface area contributed by atoms with Gasteiger partial charge in [0.05, 0.1) is 0 Å². The van der Waals surface area contributed by atoms with E-state index < -0.39 is 13.0 Å². The molecule has 1 saturated carbocycles. The molecule has 1 radical (unpaired) electrons. The molecule has 0 saturated heterocycles. The van der Waals surface area contributed by atoms with E-state index in [1.807, 2.05) is 0 Å². The van der Waals surface area contributed by atoms with Gasteiger partial charge in [0, 0.05) is 17.8 Å². The normalized spacial score (nSPS) is 15.9. The van der Waals surface area contributed by atoms with E-state index in [-0.39, 0.29) is 0 Å². The lowest BCUT2D eigenvalue weighted by Crippen LogP contribution is -2.09. The molecule has 1 aromatic heterocycles. The Bertz CT molecular complexity index is 313. The highest BCUT2D eigenvalue weighted by Crippen LogP contribution is 2.43. The Morgan fingerprint density at radius 1 is 1.57 bits per heavy atom. The van der Waals surface area contributed by atoms with Gasteiger partial charge in [-0.1, -0.05) is 0 Å². The first kappa shape index (κ1) is 9.37. The molecule has 0 aromatic carbocycles. The van der Waals surface area contributed by atoms with Crippen LogP contribution in [0.3, 0.4) is 0 Å². The van der Waals surface area contributed by atoms with Gasteiger partial charge < -0.3 is 4.74 Å². The zero-order valence-corrected chi connectivity index (χ0v) is 7.54.